The van der Waals surface area contributed by atoms with E-state index < -0.39 is 32.5 Å². The molecule has 0 amide bonds. The molecule has 1 N–H and O–H groups in total. The average molecular weight is 591 g/mol. The van der Waals surface area contributed by atoms with Crippen molar-refractivity contribution >= 4 is 19.8 Å². The number of hydrogen-bond donors (Lipinski definition) is 1. The van der Waals surface area contributed by atoms with Gasteiger partial charge in [-0.1, -0.05) is 63.7 Å². The summed E-state index contributed by atoms with van der Waals surface area (Å²) < 4.78 is 33.7. The Balaban J connectivity index is 4.58. The Bertz CT molecular complexity index is 750. The summed E-state index contributed by atoms with van der Waals surface area (Å²) in [6, 6.07) is 0. The number of hydrogen-bond acceptors (Lipinski definition) is 7. The molecular weight excluding hydrogens is 533 g/mol. The number of allylic oxidation sites excluding steroid dienone is 3. The van der Waals surface area contributed by atoms with Crippen molar-refractivity contribution < 1.29 is 42.1 Å². The van der Waals surface area contributed by atoms with Gasteiger partial charge in [-0.05, 0) is 44.9 Å². The largest absolute Gasteiger partial charge is 0.472 e. The molecule has 0 saturated heterocycles. The lowest BCUT2D eigenvalue weighted by Crippen LogP contribution is -2.37. The summed E-state index contributed by atoms with van der Waals surface area (Å²) in [7, 11) is 1.45. The molecular formula is C30H57NO8P+. The molecule has 1 unspecified atom stereocenters. The molecule has 0 aliphatic rings. The zero-order valence-corrected chi connectivity index (χ0v) is 26.5. The van der Waals surface area contributed by atoms with Crippen LogP contribution >= 0.6 is 7.82 Å². The predicted molar refractivity (Wildman–Crippen MR) is 160 cm³/mol. The van der Waals surface area contributed by atoms with Crippen molar-refractivity contribution in [2.45, 2.75) is 109 Å². The Labute approximate surface area is 243 Å². The highest BCUT2D eigenvalue weighted by molar-refractivity contribution is 7.47. The van der Waals surface area contributed by atoms with Crippen LogP contribution in [0.1, 0.15) is 103 Å². The number of nitrogens with zero attached hydrogens (tertiary/aromatic N) is 1. The molecule has 0 rings (SSSR count). The van der Waals surface area contributed by atoms with Gasteiger partial charge in [-0.25, -0.2) is 4.57 Å². The summed E-state index contributed by atoms with van der Waals surface area (Å²) in [5.74, 6) is -0.846. The average Bonchev–Trinajstić information content (AvgIpc) is 2.88. The van der Waals surface area contributed by atoms with Crippen molar-refractivity contribution in [3.8, 4) is 0 Å². The molecule has 0 aliphatic heterocycles. The van der Waals surface area contributed by atoms with Crippen LogP contribution in [-0.2, 0) is 32.7 Å². The maximum absolute atomic E-state index is 12.4. The minimum absolute atomic E-state index is 0.0270. The quantitative estimate of drug-likeness (QED) is 0.0362. The summed E-state index contributed by atoms with van der Waals surface area (Å²) in [6.07, 6.45) is 18.7. The lowest BCUT2D eigenvalue weighted by atomic mass is 10.1. The number of ether oxygens (including phenoxy) is 2. The van der Waals surface area contributed by atoms with E-state index in [9.17, 15) is 19.0 Å². The Morgan fingerprint density at radius 1 is 0.825 bits per heavy atom. The third-order valence-corrected chi connectivity index (χ3v) is 7.10. The second kappa shape index (κ2) is 24.1. The van der Waals surface area contributed by atoms with Crippen LogP contribution in [0.3, 0.4) is 0 Å². The zero-order chi connectivity index (χ0) is 30.1. The summed E-state index contributed by atoms with van der Waals surface area (Å²) in [6.45, 7) is 5.72. The van der Waals surface area contributed by atoms with Crippen LogP contribution in [-0.4, -0.2) is 74.9 Å². The number of likely N-dealkylation sites (N-methyl/N-ethyl adjacent to an activating group) is 1. The maximum Gasteiger partial charge on any atom is 0.472 e. The van der Waals surface area contributed by atoms with Gasteiger partial charge >= 0.3 is 19.8 Å². The minimum Gasteiger partial charge on any atom is -0.462 e. The first-order valence-electron chi connectivity index (χ1n) is 15.0. The van der Waals surface area contributed by atoms with E-state index in [0.717, 1.165) is 70.6 Å². The highest BCUT2D eigenvalue weighted by Crippen LogP contribution is 2.43. The molecule has 0 bridgehead atoms. The van der Waals surface area contributed by atoms with Gasteiger partial charge in [0, 0.05) is 12.8 Å². The molecule has 0 aromatic heterocycles. The van der Waals surface area contributed by atoms with Gasteiger partial charge in [0.2, 0.25) is 0 Å². The first kappa shape index (κ1) is 38.5. The highest BCUT2D eigenvalue weighted by Gasteiger charge is 2.27. The van der Waals surface area contributed by atoms with Gasteiger partial charge in [-0.2, -0.15) is 0 Å². The van der Waals surface area contributed by atoms with Gasteiger partial charge in [0.25, 0.3) is 0 Å². The van der Waals surface area contributed by atoms with Crippen LogP contribution in [0, 0.1) is 0 Å². The van der Waals surface area contributed by atoms with Gasteiger partial charge in [0.05, 0.1) is 27.7 Å². The number of unbranched alkanes of at least 4 members (excludes halogenated alkanes) is 10. The van der Waals surface area contributed by atoms with Crippen molar-refractivity contribution in [3.63, 3.8) is 0 Å². The number of esters is 2. The standard InChI is InChI=1S/C30H56NO8P/c1-6-8-10-12-14-15-17-19-21-23-30(33)39-28(27-38-40(34,35)37-25-24-31(3,4)5)26-36-29(32)22-20-18-16-13-11-9-7-2/h7-8,10,28H,2,6,9,11-27H2,1,3-5H3/p+1/b10-8+/t28-/m1/s1. The van der Waals surface area contributed by atoms with Gasteiger partial charge in [-0.3, -0.25) is 18.6 Å². The Morgan fingerprint density at radius 2 is 1.40 bits per heavy atom. The maximum atomic E-state index is 12.4. The topological polar surface area (TPSA) is 108 Å². The minimum atomic E-state index is -4.35. The number of carbonyl (C=O) groups excluding carboxylic acids is 2. The van der Waals surface area contributed by atoms with Gasteiger partial charge in [0.15, 0.2) is 6.10 Å². The molecule has 2 atom stereocenters. The summed E-state index contributed by atoms with van der Waals surface area (Å²) in [5.41, 5.74) is 0. The van der Waals surface area contributed by atoms with E-state index in [0.29, 0.717) is 23.9 Å². The first-order chi connectivity index (χ1) is 19.0. The fraction of sp³-hybridized carbons (Fsp3) is 0.800. The van der Waals surface area contributed by atoms with Crippen LogP contribution in [0.15, 0.2) is 24.8 Å². The molecule has 0 saturated carbocycles. The van der Waals surface area contributed by atoms with Crippen LogP contribution in [0.2, 0.25) is 0 Å². The Morgan fingerprint density at radius 3 is 2.00 bits per heavy atom. The molecule has 0 heterocycles. The Hall–Kier alpha value is -1.51. The number of quaternary nitrogens is 1. The number of carbonyl (C=O) groups is 2. The summed E-state index contributed by atoms with van der Waals surface area (Å²) in [5, 5.41) is 0. The molecule has 234 valence electrons. The van der Waals surface area contributed by atoms with Crippen molar-refractivity contribution in [1.29, 1.82) is 0 Å². The lowest BCUT2D eigenvalue weighted by Gasteiger charge is -2.24. The smallest absolute Gasteiger partial charge is 0.462 e. The van der Waals surface area contributed by atoms with Crippen LogP contribution in [0.4, 0.5) is 0 Å². The van der Waals surface area contributed by atoms with E-state index in [4.69, 9.17) is 18.5 Å². The number of rotatable bonds is 27. The summed E-state index contributed by atoms with van der Waals surface area (Å²) >= 11 is 0. The molecule has 9 nitrogen and oxygen atoms in total. The normalized spacial score (nSPS) is 14.1. The van der Waals surface area contributed by atoms with Gasteiger partial charge < -0.3 is 18.9 Å². The number of phosphoric ester groups is 1. The Kier molecular flexibility index (Phi) is 23.2. The second-order valence-corrected chi connectivity index (χ2v) is 12.6. The van der Waals surface area contributed by atoms with E-state index in [-0.39, 0.29) is 26.1 Å². The summed E-state index contributed by atoms with van der Waals surface area (Å²) in [4.78, 5) is 34.7. The van der Waals surface area contributed by atoms with E-state index >= 15 is 0 Å². The fourth-order valence-electron chi connectivity index (χ4n) is 3.70. The number of phosphoric acid groups is 1. The van der Waals surface area contributed by atoms with E-state index in [1.165, 1.54) is 0 Å². The van der Waals surface area contributed by atoms with Crippen molar-refractivity contribution in [3.05, 3.63) is 24.8 Å². The highest BCUT2D eigenvalue weighted by atomic mass is 31.2. The lowest BCUT2D eigenvalue weighted by molar-refractivity contribution is -0.870. The predicted octanol–water partition coefficient (Wildman–Crippen LogP) is 6.89. The molecule has 0 aromatic carbocycles. The van der Waals surface area contributed by atoms with Crippen LogP contribution < -0.4 is 0 Å². The van der Waals surface area contributed by atoms with Crippen molar-refractivity contribution in [2.24, 2.45) is 0 Å². The van der Waals surface area contributed by atoms with E-state index in [2.05, 4.69) is 25.7 Å². The zero-order valence-electron chi connectivity index (χ0n) is 25.7. The molecule has 0 spiro atoms. The SMILES string of the molecule is C=CCCCCCCCC(=O)OC[C@H](COP(=O)(O)OCC[N+](C)(C)C)OC(=O)CCCCCCC/C=C/CC. The third-order valence-electron chi connectivity index (χ3n) is 6.11. The van der Waals surface area contributed by atoms with Crippen molar-refractivity contribution in [1.82, 2.24) is 0 Å². The molecule has 0 aliphatic carbocycles. The molecule has 0 aromatic rings. The first-order valence-corrected chi connectivity index (χ1v) is 16.5. The van der Waals surface area contributed by atoms with Crippen molar-refractivity contribution in [2.75, 3.05) is 47.5 Å². The van der Waals surface area contributed by atoms with Gasteiger partial charge in [0.1, 0.15) is 19.8 Å². The third kappa shape index (κ3) is 26.7. The van der Waals surface area contributed by atoms with Gasteiger partial charge in [-0.15, -0.1) is 6.58 Å². The molecule has 40 heavy (non-hydrogen) atoms. The molecule has 0 radical (unpaired) electrons. The molecule has 0 fully saturated rings. The second-order valence-electron chi connectivity index (χ2n) is 11.2. The van der Waals surface area contributed by atoms with E-state index in [1.54, 1.807) is 0 Å². The van der Waals surface area contributed by atoms with Crippen LogP contribution in [0.5, 0.6) is 0 Å². The monoisotopic (exact) mass is 590 g/mol. The van der Waals surface area contributed by atoms with E-state index in [1.807, 2.05) is 27.2 Å². The molecule has 10 heteroatoms. The van der Waals surface area contributed by atoms with Crippen LogP contribution in [0.25, 0.3) is 0 Å². The fourth-order valence-corrected chi connectivity index (χ4v) is 4.44.